The number of nitrogens with zero attached hydrogens (tertiary/aromatic N) is 1. The number of phenols is 1. The minimum atomic E-state index is 0.131. The molecule has 0 fully saturated rings. The molecule has 0 amide bonds. The van der Waals surface area contributed by atoms with Crippen molar-refractivity contribution >= 4 is 0 Å². The maximum absolute atomic E-state index is 9.17. The third-order valence-corrected chi connectivity index (χ3v) is 2.08. The van der Waals surface area contributed by atoms with Gasteiger partial charge in [0.15, 0.2) is 0 Å². The van der Waals surface area contributed by atoms with Crippen LogP contribution in [0.15, 0.2) is 18.2 Å². The van der Waals surface area contributed by atoms with Gasteiger partial charge >= 0.3 is 0 Å². The van der Waals surface area contributed by atoms with Crippen LogP contribution in [0.5, 0.6) is 5.75 Å². The largest absolute Gasteiger partial charge is 0.508 e. The summed E-state index contributed by atoms with van der Waals surface area (Å²) < 4.78 is 0. The summed E-state index contributed by atoms with van der Waals surface area (Å²) in [6, 6.07) is 7.05. The van der Waals surface area contributed by atoms with Crippen molar-refractivity contribution < 1.29 is 5.11 Å². The molecule has 0 aliphatic rings. The van der Waals surface area contributed by atoms with Crippen molar-refractivity contribution in [3.8, 4) is 11.8 Å². The van der Waals surface area contributed by atoms with Crippen LogP contribution in [0.2, 0.25) is 0 Å². The van der Waals surface area contributed by atoms with E-state index >= 15 is 0 Å². The van der Waals surface area contributed by atoms with E-state index < -0.39 is 0 Å². The normalized spacial score (nSPS) is 12.1. The fourth-order valence-corrected chi connectivity index (χ4v) is 1.27. The lowest BCUT2D eigenvalue weighted by molar-refractivity contribution is 0.475. The summed E-state index contributed by atoms with van der Waals surface area (Å²) in [5, 5.41) is 18.0. The van der Waals surface area contributed by atoms with Crippen molar-refractivity contribution in [1.29, 1.82) is 5.26 Å². The standard InChI is InChI=1S/C11H14N2O/c1-8(13)2-3-9-4-5-11(14)6-10(9)7-12/h4-6,8,14H,2-3,13H2,1H3. The lowest BCUT2D eigenvalue weighted by Gasteiger charge is -2.06. The average molecular weight is 190 g/mol. The molecular weight excluding hydrogens is 176 g/mol. The summed E-state index contributed by atoms with van der Waals surface area (Å²) in [5.41, 5.74) is 7.11. The van der Waals surface area contributed by atoms with Crippen molar-refractivity contribution in [3.63, 3.8) is 0 Å². The van der Waals surface area contributed by atoms with Crippen molar-refractivity contribution in [2.45, 2.75) is 25.8 Å². The Labute approximate surface area is 83.8 Å². The molecule has 0 aromatic heterocycles. The van der Waals surface area contributed by atoms with Gasteiger partial charge in [-0.3, -0.25) is 0 Å². The molecule has 0 bridgehead atoms. The van der Waals surface area contributed by atoms with Gasteiger partial charge in [0.25, 0.3) is 0 Å². The zero-order chi connectivity index (χ0) is 10.6. The second kappa shape index (κ2) is 4.64. The molecule has 1 aromatic rings. The highest BCUT2D eigenvalue weighted by Crippen LogP contribution is 2.17. The van der Waals surface area contributed by atoms with Crippen molar-refractivity contribution in [2.24, 2.45) is 5.73 Å². The summed E-state index contributed by atoms with van der Waals surface area (Å²) in [6.07, 6.45) is 1.63. The second-order valence-corrected chi connectivity index (χ2v) is 3.47. The van der Waals surface area contributed by atoms with E-state index in [-0.39, 0.29) is 11.8 Å². The van der Waals surface area contributed by atoms with Crippen LogP contribution in [0.1, 0.15) is 24.5 Å². The zero-order valence-electron chi connectivity index (χ0n) is 8.20. The maximum atomic E-state index is 9.17. The molecule has 0 spiro atoms. The summed E-state index contributed by atoms with van der Waals surface area (Å²) in [5.74, 6) is 0.131. The Morgan fingerprint density at radius 3 is 2.86 bits per heavy atom. The van der Waals surface area contributed by atoms with Crippen LogP contribution in [-0.4, -0.2) is 11.1 Å². The molecule has 0 saturated heterocycles. The van der Waals surface area contributed by atoms with E-state index in [1.54, 1.807) is 12.1 Å². The summed E-state index contributed by atoms with van der Waals surface area (Å²) >= 11 is 0. The Morgan fingerprint density at radius 2 is 2.29 bits per heavy atom. The van der Waals surface area contributed by atoms with Gasteiger partial charge in [0.2, 0.25) is 0 Å². The lowest BCUT2D eigenvalue weighted by atomic mass is 10.0. The van der Waals surface area contributed by atoms with E-state index in [0.717, 1.165) is 18.4 Å². The number of aryl methyl sites for hydroxylation is 1. The van der Waals surface area contributed by atoms with Crippen LogP contribution in [-0.2, 0) is 6.42 Å². The zero-order valence-corrected chi connectivity index (χ0v) is 8.20. The van der Waals surface area contributed by atoms with Gasteiger partial charge in [0.05, 0.1) is 11.6 Å². The minimum absolute atomic E-state index is 0.131. The van der Waals surface area contributed by atoms with Crippen molar-refractivity contribution in [1.82, 2.24) is 0 Å². The molecule has 0 aliphatic heterocycles. The van der Waals surface area contributed by atoms with Gasteiger partial charge in [0.1, 0.15) is 5.75 Å². The lowest BCUT2D eigenvalue weighted by Crippen LogP contribution is -2.15. The van der Waals surface area contributed by atoms with Gasteiger partial charge in [-0.1, -0.05) is 6.07 Å². The number of nitriles is 1. The first kappa shape index (κ1) is 10.6. The Balaban J connectivity index is 2.82. The van der Waals surface area contributed by atoms with Crippen LogP contribution >= 0.6 is 0 Å². The third kappa shape index (κ3) is 2.75. The van der Waals surface area contributed by atoms with Crippen LogP contribution < -0.4 is 5.73 Å². The Morgan fingerprint density at radius 1 is 1.57 bits per heavy atom. The van der Waals surface area contributed by atoms with E-state index in [1.165, 1.54) is 6.07 Å². The maximum Gasteiger partial charge on any atom is 0.116 e. The molecule has 3 heteroatoms. The first-order valence-electron chi connectivity index (χ1n) is 4.61. The summed E-state index contributed by atoms with van der Waals surface area (Å²) in [4.78, 5) is 0. The van der Waals surface area contributed by atoms with Gasteiger partial charge in [0, 0.05) is 6.04 Å². The second-order valence-electron chi connectivity index (χ2n) is 3.47. The average Bonchev–Trinajstić information content (AvgIpc) is 2.15. The number of phenolic OH excluding ortho intramolecular Hbond substituents is 1. The number of nitrogens with two attached hydrogens (primary N) is 1. The van der Waals surface area contributed by atoms with Gasteiger partial charge in [-0.25, -0.2) is 0 Å². The topological polar surface area (TPSA) is 70.0 Å². The highest BCUT2D eigenvalue weighted by molar-refractivity contribution is 5.42. The Kier molecular flexibility index (Phi) is 3.49. The first-order chi connectivity index (χ1) is 6.63. The Hall–Kier alpha value is -1.53. The van der Waals surface area contributed by atoms with Gasteiger partial charge < -0.3 is 10.8 Å². The molecule has 0 saturated carbocycles. The molecule has 1 rings (SSSR count). The van der Waals surface area contributed by atoms with E-state index in [2.05, 4.69) is 6.07 Å². The quantitative estimate of drug-likeness (QED) is 0.759. The van der Waals surface area contributed by atoms with E-state index in [0.29, 0.717) is 5.56 Å². The van der Waals surface area contributed by atoms with E-state index in [9.17, 15) is 5.11 Å². The van der Waals surface area contributed by atoms with Crippen LogP contribution in [0.4, 0.5) is 0 Å². The molecule has 0 aliphatic carbocycles. The molecule has 14 heavy (non-hydrogen) atoms. The highest BCUT2D eigenvalue weighted by Gasteiger charge is 2.04. The van der Waals surface area contributed by atoms with Crippen molar-refractivity contribution in [2.75, 3.05) is 0 Å². The molecular formula is C11H14N2O. The predicted octanol–water partition coefficient (Wildman–Crippen LogP) is 1.54. The number of hydrogen-bond acceptors (Lipinski definition) is 3. The molecule has 1 atom stereocenters. The predicted molar refractivity (Wildman–Crippen MR) is 54.8 cm³/mol. The van der Waals surface area contributed by atoms with E-state index in [4.69, 9.17) is 11.0 Å². The number of rotatable bonds is 3. The van der Waals surface area contributed by atoms with Gasteiger partial charge in [-0.05, 0) is 37.5 Å². The van der Waals surface area contributed by atoms with Crippen molar-refractivity contribution in [3.05, 3.63) is 29.3 Å². The monoisotopic (exact) mass is 190 g/mol. The highest BCUT2D eigenvalue weighted by atomic mass is 16.3. The fraction of sp³-hybridized carbons (Fsp3) is 0.364. The van der Waals surface area contributed by atoms with Crippen LogP contribution in [0, 0.1) is 11.3 Å². The summed E-state index contributed by atoms with van der Waals surface area (Å²) in [7, 11) is 0. The molecule has 0 heterocycles. The molecule has 1 aromatic carbocycles. The van der Waals surface area contributed by atoms with Crippen LogP contribution in [0.3, 0.4) is 0 Å². The van der Waals surface area contributed by atoms with Crippen LogP contribution in [0.25, 0.3) is 0 Å². The molecule has 74 valence electrons. The SMILES string of the molecule is CC(N)CCc1ccc(O)cc1C#N. The number of hydrogen-bond donors (Lipinski definition) is 2. The molecule has 0 radical (unpaired) electrons. The van der Waals surface area contributed by atoms with Gasteiger partial charge in [-0.15, -0.1) is 0 Å². The van der Waals surface area contributed by atoms with E-state index in [1.807, 2.05) is 6.92 Å². The fourth-order valence-electron chi connectivity index (χ4n) is 1.27. The summed E-state index contributed by atoms with van der Waals surface area (Å²) in [6.45, 7) is 1.94. The minimum Gasteiger partial charge on any atom is -0.508 e. The molecule has 3 N–H and O–H groups in total. The smallest absolute Gasteiger partial charge is 0.116 e. The van der Waals surface area contributed by atoms with Gasteiger partial charge in [-0.2, -0.15) is 5.26 Å². The number of aromatic hydroxyl groups is 1. The number of benzene rings is 1. The molecule has 1 unspecified atom stereocenters. The first-order valence-corrected chi connectivity index (χ1v) is 4.61. The third-order valence-electron chi connectivity index (χ3n) is 2.08. The Bertz CT molecular complexity index is 353. The molecule has 3 nitrogen and oxygen atoms in total.